The van der Waals surface area contributed by atoms with Crippen molar-refractivity contribution in [2.75, 3.05) is 13.1 Å². The van der Waals surface area contributed by atoms with Crippen LogP contribution in [0.5, 0.6) is 0 Å². The van der Waals surface area contributed by atoms with Gasteiger partial charge in [-0.2, -0.15) is 0 Å². The maximum atomic E-state index is 11.5. The second-order valence-corrected chi connectivity index (χ2v) is 11.2. The molecule has 3 heteroatoms. The number of aliphatic hydroxyl groups is 1. The molecule has 0 spiro atoms. The maximum absolute atomic E-state index is 11.5. The molecule has 0 aliphatic carbocycles. The SMILES string of the molecule is Cc1cc(C(O)C(C)N(CCC(C)C)CCC(C)C)cc2c1ccc1cc(C(C)C)ccc12.Cl. The van der Waals surface area contributed by atoms with Gasteiger partial charge in [0.1, 0.15) is 0 Å². The summed E-state index contributed by atoms with van der Waals surface area (Å²) in [5.74, 6) is 1.85. The summed E-state index contributed by atoms with van der Waals surface area (Å²) in [6.45, 7) is 20.1. The lowest BCUT2D eigenvalue weighted by Crippen LogP contribution is -2.39. The summed E-state index contributed by atoms with van der Waals surface area (Å²) in [7, 11) is 0. The van der Waals surface area contributed by atoms with Gasteiger partial charge >= 0.3 is 0 Å². The van der Waals surface area contributed by atoms with Crippen LogP contribution in [0.4, 0.5) is 0 Å². The zero-order chi connectivity index (χ0) is 24.3. The van der Waals surface area contributed by atoms with Gasteiger partial charge in [-0.1, -0.05) is 77.9 Å². The standard InChI is InChI=1S/C31H45NO.ClH/c1-20(2)13-15-32(16-14-21(3)4)24(8)31(33)27-17-23(7)28-11-10-26-18-25(22(5)6)9-12-29(26)30(28)19-27;/h9-12,17-22,24,31,33H,13-16H2,1-8H3;1H. The van der Waals surface area contributed by atoms with E-state index in [1.807, 2.05) is 0 Å². The Morgan fingerprint density at radius 1 is 0.706 bits per heavy atom. The molecular weight excluding hydrogens is 438 g/mol. The van der Waals surface area contributed by atoms with Crippen LogP contribution in [0.25, 0.3) is 21.5 Å². The first-order chi connectivity index (χ1) is 15.6. The zero-order valence-electron chi connectivity index (χ0n) is 22.6. The average Bonchev–Trinajstić information content (AvgIpc) is 2.77. The van der Waals surface area contributed by atoms with Crippen molar-refractivity contribution in [3.8, 4) is 0 Å². The minimum absolute atomic E-state index is 0. The first-order valence-electron chi connectivity index (χ1n) is 13.0. The molecule has 0 radical (unpaired) electrons. The van der Waals surface area contributed by atoms with Crippen molar-refractivity contribution in [1.29, 1.82) is 0 Å². The summed E-state index contributed by atoms with van der Waals surface area (Å²) >= 11 is 0. The molecule has 3 aromatic carbocycles. The number of rotatable bonds is 10. The fourth-order valence-corrected chi connectivity index (χ4v) is 4.78. The molecule has 3 aromatic rings. The summed E-state index contributed by atoms with van der Waals surface area (Å²) < 4.78 is 0. The van der Waals surface area contributed by atoms with Crippen LogP contribution in [0.1, 0.15) is 90.0 Å². The van der Waals surface area contributed by atoms with Crippen molar-refractivity contribution in [3.05, 3.63) is 59.2 Å². The number of halogens is 1. The third kappa shape index (κ3) is 6.74. The highest BCUT2D eigenvalue weighted by Crippen LogP contribution is 2.33. The first-order valence-corrected chi connectivity index (χ1v) is 13.0. The number of fused-ring (bicyclic) bond motifs is 3. The smallest absolute Gasteiger partial charge is 0.0942 e. The van der Waals surface area contributed by atoms with Crippen LogP contribution < -0.4 is 0 Å². The molecule has 0 saturated carbocycles. The molecule has 1 N–H and O–H groups in total. The molecular formula is C31H46ClNO. The Kier molecular flexibility index (Phi) is 10.4. The van der Waals surface area contributed by atoms with Gasteiger partial charge in [0.05, 0.1) is 6.10 Å². The van der Waals surface area contributed by atoms with Crippen LogP contribution >= 0.6 is 12.4 Å². The number of hydrogen-bond acceptors (Lipinski definition) is 2. The van der Waals surface area contributed by atoms with Gasteiger partial charge in [-0.15, -0.1) is 12.4 Å². The molecule has 0 aliphatic rings. The van der Waals surface area contributed by atoms with E-state index in [4.69, 9.17) is 0 Å². The van der Waals surface area contributed by atoms with Gasteiger partial charge < -0.3 is 5.11 Å². The topological polar surface area (TPSA) is 23.5 Å². The van der Waals surface area contributed by atoms with E-state index in [0.717, 1.165) is 31.5 Å². The summed E-state index contributed by atoms with van der Waals surface area (Å²) in [5, 5.41) is 16.6. The molecule has 34 heavy (non-hydrogen) atoms. The molecule has 0 fully saturated rings. The Hall–Kier alpha value is -1.61. The van der Waals surface area contributed by atoms with Crippen LogP contribution in [0, 0.1) is 18.8 Å². The third-order valence-corrected chi connectivity index (χ3v) is 7.23. The molecule has 0 aliphatic heterocycles. The number of benzene rings is 3. The zero-order valence-corrected chi connectivity index (χ0v) is 23.4. The molecule has 0 aromatic heterocycles. The molecule has 2 atom stereocenters. The second kappa shape index (κ2) is 12.4. The van der Waals surface area contributed by atoms with Crippen LogP contribution in [0.2, 0.25) is 0 Å². The number of aliphatic hydroxyl groups excluding tert-OH is 1. The molecule has 0 amide bonds. The molecule has 0 saturated heterocycles. The van der Waals surface area contributed by atoms with Crippen molar-refractivity contribution in [2.45, 2.75) is 86.3 Å². The van der Waals surface area contributed by atoms with E-state index in [1.54, 1.807) is 0 Å². The molecule has 2 nitrogen and oxygen atoms in total. The van der Waals surface area contributed by atoms with Gasteiger partial charge in [0.2, 0.25) is 0 Å². The highest BCUT2D eigenvalue weighted by atomic mass is 35.5. The Bertz CT molecular complexity index is 1060. The lowest BCUT2D eigenvalue weighted by atomic mass is 9.91. The van der Waals surface area contributed by atoms with E-state index in [1.165, 1.54) is 32.7 Å². The predicted molar refractivity (Wildman–Crippen MR) is 152 cm³/mol. The van der Waals surface area contributed by atoms with E-state index in [-0.39, 0.29) is 18.4 Å². The van der Waals surface area contributed by atoms with Crippen molar-refractivity contribution >= 4 is 34.0 Å². The summed E-state index contributed by atoms with van der Waals surface area (Å²) in [6.07, 6.45) is 1.82. The largest absolute Gasteiger partial charge is 0.387 e. The number of nitrogens with zero attached hydrogens (tertiary/aromatic N) is 1. The van der Waals surface area contributed by atoms with Crippen molar-refractivity contribution in [2.24, 2.45) is 11.8 Å². The lowest BCUT2D eigenvalue weighted by molar-refractivity contribution is 0.0525. The highest BCUT2D eigenvalue weighted by Gasteiger charge is 2.24. The Balaban J connectivity index is 0.00000408. The normalized spacial score (nSPS) is 13.9. The Morgan fingerprint density at radius 2 is 1.29 bits per heavy atom. The molecule has 3 rings (SSSR count). The summed E-state index contributed by atoms with van der Waals surface area (Å²) in [4.78, 5) is 2.50. The number of hydrogen-bond donors (Lipinski definition) is 1. The monoisotopic (exact) mass is 483 g/mol. The summed E-state index contributed by atoms with van der Waals surface area (Å²) in [6, 6.07) is 15.9. The molecule has 2 unspecified atom stereocenters. The van der Waals surface area contributed by atoms with Crippen LogP contribution in [-0.2, 0) is 0 Å². The molecule has 188 valence electrons. The number of aryl methyl sites for hydroxylation is 1. The molecule has 0 bridgehead atoms. The lowest BCUT2D eigenvalue weighted by Gasteiger charge is -2.34. The quantitative estimate of drug-likeness (QED) is 0.291. The van der Waals surface area contributed by atoms with E-state index < -0.39 is 6.10 Å². The predicted octanol–water partition coefficient (Wildman–Crippen LogP) is 8.66. The average molecular weight is 484 g/mol. The van der Waals surface area contributed by atoms with Crippen molar-refractivity contribution < 1.29 is 5.11 Å². The van der Waals surface area contributed by atoms with Crippen LogP contribution in [0.3, 0.4) is 0 Å². The van der Waals surface area contributed by atoms with Crippen molar-refractivity contribution in [1.82, 2.24) is 4.90 Å². The van der Waals surface area contributed by atoms with E-state index in [0.29, 0.717) is 17.8 Å². The van der Waals surface area contributed by atoms with E-state index >= 15 is 0 Å². The Labute approximate surface area is 214 Å². The minimum Gasteiger partial charge on any atom is -0.387 e. The van der Waals surface area contributed by atoms with Gasteiger partial charge in [-0.3, -0.25) is 4.90 Å². The van der Waals surface area contributed by atoms with E-state index in [9.17, 15) is 5.11 Å². The Morgan fingerprint density at radius 3 is 1.85 bits per heavy atom. The van der Waals surface area contributed by atoms with Gasteiger partial charge in [0.15, 0.2) is 0 Å². The van der Waals surface area contributed by atoms with Crippen molar-refractivity contribution in [3.63, 3.8) is 0 Å². The van der Waals surface area contributed by atoms with Gasteiger partial charge in [-0.05, 0) is 102 Å². The second-order valence-electron chi connectivity index (χ2n) is 11.2. The van der Waals surface area contributed by atoms with Crippen LogP contribution in [0.15, 0.2) is 42.5 Å². The first kappa shape index (κ1) is 28.6. The van der Waals surface area contributed by atoms with E-state index in [2.05, 4.69) is 103 Å². The third-order valence-electron chi connectivity index (χ3n) is 7.23. The maximum Gasteiger partial charge on any atom is 0.0942 e. The fraction of sp³-hybridized carbons (Fsp3) is 0.548. The molecule has 0 heterocycles. The minimum atomic E-state index is -0.502. The fourth-order valence-electron chi connectivity index (χ4n) is 4.78. The van der Waals surface area contributed by atoms with Gasteiger partial charge in [0.25, 0.3) is 0 Å². The summed E-state index contributed by atoms with van der Waals surface area (Å²) in [5.41, 5.74) is 3.64. The van der Waals surface area contributed by atoms with Crippen LogP contribution in [-0.4, -0.2) is 29.1 Å². The van der Waals surface area contributed by atoms with Gasteiger partial charge in [0, 0.05) is 6.04 Å². The van der Waals surface area contributed by atoms with Gasteiger partial charge in [-0.25, -0.2) is 0 Å². The highest BCUT2D eigenvalue weighted by molar-refractivity contribution is 6.08.